The van der Waals surface area contributed by atoms with Crippen molar-refractivity contribution in [2.45, 2.75) is 91.1 Å². The lowest BCUT2D eigenvalue weighted by Crippen LogP contribution is -2.28. The number of aliphatic hydroxyl groups is 2. The predicted molar refractivity (Wildman–Crippen MR) is 261 cm³/mol. The van der Waals surface area contributed by atoms with E-state index in [1.165, 1.54) is 12.4 Å². The van der Waals surface area contributed by atoms with Crippen molar-refractivity contribution in [2.24, 2.45) is 0 Å². The molecular weight excluding hydrogens is 938 g/mol. The summed E-state index contributed by atoms with van der Waals surface area (Å²) in [4.78, 5) is 30.4. The topological polar surface area (TPSA) is 237 Å². The van der Waals surface area contributed by atoms with Crippen LogP contribution in [0.4, 0.5) is 0 Å². The van der Waals surface area contributed by atoms with Gasteiger partial charge in [-0.3, -0.25) is 19.6 Å². The van der Waals surface area contributed by atoms with Gasteiger partial charge in [-0.1, -0.05) is 59.6 Å². The molecule has 70 heavy (non-hydrogen) atoms. The van der Waals surface area contributed by atoms with Crippen LogP contribution in [0.3, 0.4) is 0 Å². The molecule has 0 saturated heterocycles. The summed E-state index contributed by atoms with van der Waals surface area (Å²) in [7, 11) is 0. The number of aryl methyl sites for hydroxylation is 1. The molecule has 0 aliphatic heterocycles. The van der Waals surface area contributed by atoms with Gasteiger partial charge in [0.1, 0.15) is 61.6 Å². The number of aliphatic hydroxyl groups excluding tert-OH is 2. The lowest BCUT2D eigenvalue weighted by atomic mass is 9.92. The summed E-state index contributed by atoms with van der Waals surface area (Å²) < 4.78 is 25.2. The van der Waals surface area contributed by atoms with Crippen molar-refractivity contribution in [3.63, 3.8) is 0 Å². The van der Waals surface area contributed by atoms with Crippen LogP contribution >= 0.6 is 23.2 Å². The van der Waals surface area contributed by atoms with E-state index in [2.05, 4.69) is 27.4 Å². The van der Waals surface area contributed by atoms with Crippen molar-refractivity contribution in [3.8, 4) is 46.3 Å². The van der Waals surface area contributed by atoms with Gasteiger partial charge in [-0.25, -0.2) is 0 Å². The monoisotopic (exact) mass is 987 g/mol. The molecule has 0 bridgehead atoms. The van der Waals surface area contributed by atoms with Crippen LogP contribution in [0.25, 0.3) is 11.1 Å². The largest absolute Gasteiger partial charge is 0.488 e. The summed E-state index contributed by atoms with van der Waals surface area (Å²) in [6.07, 6.45) is 4.49. The Morgan fingerprint density at radius 2 is 1.10 bits per heavy atom. The van der Waals surface area contributed by atoms with E-state index in [0.717, 1.165) is 38.9 Å². The Bertz CT molecular complexity index is 2710. The van der Waals surface area contributed by atoms with Gasteiger partial charge >= 0.3 is 11.9 Å². The number of aromatic nitrogens is 2. The molecule has 4 aromatic carbocycles. The van der Waals surface area contributed by atoms with Gasteiger partial charge in [0.15, 0.2) is 0 Å². The van der Waals surface area contributed by atoms with Crippen molar-refractivity contribution >= 4 is 35.1 Å². The first-order valence-electron chi connectivity index (χ1n) is 22.2. The molecule has 2 unspecified atom stereocenters. The molecule has 0 saturated carbocycles. The summed E-state index contributed by atoms with van der Waals surface area (Å²) in [6, 6.07) is 26.3. The van der Waals surface area contributed by atoms with Gasteiger partial charge < -0.3 is 44.7 Å². The number of carboxylic acid groups (broad SMARTS) is 2. The summed E-state index contributed by atoms with van der Waals surface area (Å²) in [5.41, 5.74) is 9.25. The number of nitriles is 2. The molecule has 0 amide bonds. The van der Waals surface area contributed by atoms with E-state index in [-0.39, 0.29) is 52.4 Å². The van der Waals surface area contributed by atoms with Crippen LogP contribution in [-0.4, -0.2) is 61.1 Å². The number of hydrogen-bond acceptors (Lipinski definition) is 13. The minimum Gasteiger partial charge on any atom is -0.488 e. The molecule has 2 heterocycles. The van der Waals surface area contributed by atoms with Gasteiger partial charge in [0.25, 0.3) is 0 Å². The predicted octanol–water partition coefficient (Wildman–Crippen LogP) is 9.21. The molecule has 0 aliphatic carbocycles. The fraction of sp³-hybridized carbons (Fsp3) is 0.283. The van der Waals surface area contributed by atoms with E-state index in [9.17, 15) is 30.3 Å². The highest BCUT2D eigenvalue weighted by molar-refractivity contribution is 6.32. The molecule has 2 aromatic heterocycles. The molecule has 17 heteroatoms. The number of hydrogen-bond donors (Lipinski definition) is 5. The first-order chi connectivity index (χ1) is 33.7. The lowest BCUT2D eigenvalue weighted by Gasteiger charge is -2.19. The Balaban J connectivity index is 1.18. The Morgan fingerprint density at radius 3 is 1.60 bits per heavy atom. The number of halogens is 2. The maximum atomic E-state index is 11.1. The number of nitrogens with one attached hydrogen (secondary N) is 1. The molecule has 6 rings (SSSR count). The second kappa shape index (κ2) is 25.4. The van der Waals surface area contributed by atoms with Crippen LogP contribution in [0.1, 0.15) is 81.3 Å². The molecule has 15 nitrogen and oxygen atoms in total. The summed E-state index contributed by atoms with van der Waals surface area (Å²) in [6.45, 7) is 4.80. The third kappa shape index (κ3) is 14.9. The number of aliphatic carboxylic acids is 2. The average Bonchev–Trinajstić information content (AvgIpc) is 3.33. The molecule has 0 fully saturated rings. The molecule has 2 atom stereocenters. The van der Waals surface area contributed by atoms with Gasteiger partial charge in [-0.15, -0.1) is 0 Å². The number of rotatable bonds is 25. The van der Waals surface area contributed by atoms with E-state index in [1.807, 2.05) is 50.2 Å². The zero-order chi connectivity index (χ0) is 50.2. The summed E-state index contributed by atoms with van der Waals surface area (Å²) in [5, 5.41) is 60.8. The fourth-order valence-electron chi connectivity index (χ4n) is 7.61. The Morgan fingerprint density at radius 1 is 0.629 bits per heavy atom. The highest BCUT2D eigenvalue weighted by Gasteiger charge is 2.19. The molecule has 0 aliphatic rings. The number of pyridine rings is 2. The number of benzene rings is 4. The molecule has 0 spiro atoms. The fourth-order valence-corrected chi connectivity index (χ4v) is 8.09. The van der Waals surface area contributed by atoms with Gasteiger partial charge in [0.2, 0.25) is 0 Å². The van der Waals surface area contributed by atoms with Gasteiger partial charge in [-0.2, -0.15) is 10.5 Å². The lowest BCUT2D eigenvalue weighted by molar-refractivity contribution is -0.140. The minimum atomic E-state index is -1.11. The Hall–Kier alpha value is -7.24. The molecule has 362 valence electrons. The second-order valence-corrected chi connectivity index (χ2v) is 17.3. The first-order valence-corrected chi connectivity index (χ1v) is 23.0. The van der Waals surface area contributed by atoms with Gasteiger partial charge in [0, 0.05) is 66.7 Å². The Labute approximate surface area is 415 Å². The quantitative estimate of drug-likeness (QED) is 0.0359. The zero-order valence-corrected chi connectivity index (χ0v) is 40.0. The van der Waals surface area contributed by atoms with Crippen molar-refractivity contribution in [3.05, 3.63) is 163 Å². The third-order valence-electron chi connectivity index (χ3n) is 11.3. The van der Waals surface area contributed by atoms with Crippen molar-refractivity contribution < 1.29 is 49.0 Å². The minimum absolute atomic E-state index is 0.0223. The Kier molecular flexibility index (Phi) is 18.9. The smallest absolute Gasteiger partial charge is 0.306 e. The van der Waals surface area contributed by atoms with Crippen LogP contribution < -0.4 is 24.3 Å². The first kappa shape index (κ1) is 52.1. The van der Waals surface area contributed by atoms with Crippen LogP contribution in [0, 0.1) is 36.5 Å². The highest BCUT2D eigenvalue weighted by atomic mass is 35.5. The van der Waals surface area contributed by atoms with Crippen LogP contribution in [-0.2, 0) is 49.0 Å². The molecule has 5 N–H and O–H groups in total. The van der Waals surface area contributed by atoms with Crippen molar-refractivity contribution in [2.75, 3.05) is 6.54 Å². The highest BCUT2D eigenvalue weighted by Crippen LogP contribution is 2.38. The third-order valence-corrected chi connectivity index (χ3v) is 11.9. The molecule has 6 aromatic rings. The van der Waals surface area contributed by atoms with Crippen LogP contribution in [0.5, 0.6) is 23.0 Å². The number of ether oxygens (including phenoxy) is 4. The maximum Gasteiger partial charge on any atom is 0.306 e. The van der Waals surface area contributed by atoms with Crippen molar-refractivity contribution in [1.82, 2.24) is 15.3 Å². The normalized spacial score (nSPS) is 11.8. The van der Waals surface area contributed by atoms with E-state index in [4.69, 9.17) is 52.4 Å². The number of nitrogens with zero attached hydrogens (tertiary/aromatic N) is 4. The SMILES string of the molecule is Cc1c(COc2cc(OCc3cncc(C#N)c3)c(CCCC(O)CC(=O)O)cc2Cl)cccc1-c1cccc(COc2cc(OCc3cncc(C#N)c3)c(CNCC(O)CC(=O)O)cc2Cl)c1C. The molecular formula is C53H51Cl2N5O10. The van der Waals surface area contributed by atoms with Crippen molar-refractivity contribution in [1.29, 1.82) is 10.5 Å². The van der Waals surface area contributed by atoms with Crippen LogP contribution in [0.2, 0.25) is 10.0 Å². The molecule has 0 radical (unpaired) electrons. The summed E-state index contributed by atoms with van der Waals surface area (Å²) >= 11 is 13.6. The van der Waals surface area contributed by atoms with E-state index in [0.29, 0.717) is 73.7 Å². The average molecular weight is 989 g/mol. The second-order valence-electron chi connectivity index (χ2n) is 16.5. The zero-order valence-electron chi connectivity index (χ0n) is 38.5. The van der Waals surface area contributed by atoms with Crippen LogP contribution in [0.15, 0.2) is 97.6 Å². The number of carboxylic acids is 2. The maximum absolute atomic E-state index is 11.1. The van der Waals surface area contributed by atoms with E-state index in [1.54, 1.807) is 48.8 Å². The van der Waals surface area contributed by atoms with Gasteiger partial charge in [-0.05, 0) is 96.3 Å². The summed E-state index contributed by atoms with van der Waals surface area (Å²) in [5.74, 6) is -0.540. The van der Waals surface area contributed by atoms with E-state index < -0.39 is 30.6 Å². The standard InChI is InChI=1S/C53H51Cl2N5O10/c1-32-39(30-69-50-18-48(67-28-36-12-34(20-56)22-58-24-36)38(14-46(50)54)6-3-9-42(61)16-52(63)64)7-4-10-44(32)45-11-5-8-40(33(45)2)31-70-51-19-49(68-29-37-13-35(21-57)23-59-25-37)41(15-47(51)55)26-60-27-43(62)17-53(65)66/h4-5,7-8,10-15,18-19,22-25,42-43,60-62H,3,6,9,16-17,26-31H2,1-2H3,(H,63,64)(H,65,66). The van der Waals surface area contributed by atoms with E-state index >= 15 is 0 Å². The number of carbonyl (C=O) groups is 2. The van der Waals surface area contributed by atoms with Gasteiger partial charge in [0.05, 0.1) is 46.2 Å².